The number of hydrogen-bond donors (Lipinski definition) is 3. The highest BCUT2D eigenvalue weighted by atomic mass is 16.4. The second-order valence-corrected chi connectivity index (χ2v) is 8.94. The van der Waals surface area contributed by atoms with Crippen LogP contribution in [0.25, 0.3) is 0 Å². The van der Waals surface area contributed by atoms with Gasteiger partial charge in [-0.2, -0.15) is 0 Å². The highest BCUT2D eigenvalue weighted by Crippen LogP contribution is 2.11. The molecule has 0 aromatic heterocycles. The van der Waals surface area contributed by atoms with Crippen LogP contribution in [0.2, 0.25) is 0 Å². The quantitative estimate of drug-likeness (QED) is 0.138. The molecule has 0 spiro atoms. The van der Waals surface area contributed by atoms with E-state index in [1.807, 2.05) is 0 Å². The van der Waals surface area contributed by atoms with Gasteiger partial charge >= 0.3 is 11.9 Å². The van der Waals surface area contributed by atoms with E-state index in [9.17, 15) is 19.5 Å². The van der Waals surface area contributed by atoms with Gasteiger partial charge in [0, 0.05) is 26.1 Å². The number of aliphatic hydroxyl groups is 1. The second-order valence-electron chi connectivity index (χ2n) is 8.94. The van der Waals surface area contributed by atoms with Gasteiger partial charge in [-0.3, -0.25) is 19.3 Å². The smallest absolute Gasteiger partial charge is 0.317 e. The molecule has 0 radical (unpaired) electrons. The summed E-state index contributed by atoms with van der Waals surface area (Å²) in [4.78, 5) is 37.0. The fraction of sp³-hybridized carbons (Fsp3) is 0.808. The molecule has 0 unspecified atom stereocenters. The molecule has 3 N–H and O–H groups in total. The van der Waals surface area contributed by atoms with Gasteiger partial charge in [0.15, 0.2) is 0 Å². The molecule has 0 saturated carbocycles. The fourth-order valence-corrected chi connectivity index (χ4v) is 3.85. The zero-order valence-corrected chi connectivity index (χ0v) is 21.3. The Morgan fingerprint density at radius 1 is 0.676 bits per heavy atom. The number of aliphatic carboxylic acids is 2. The van der Waals surface area contributed by atoms with Crippen LogP contribution < -0.4 is 0 Å². The summed E-state index contributed by atoms with van der Waals surface area (Å²) in [5.41, 5.74) is 0. The van der Waals surface area contributed by atoms with E-state index >= 15 is 0 Å². The fourth-order valence-electron chi connectivity index (χ4n) is 3.85. The Bertz CT molecular complexity index is 551. The largest absolute Gasteiger partial charge is 0.480 e. The van der Waals surface area contributed by atoms with Crippen LogP contribution in [0.4, 0.5) is 0 Å². The number of carboxylic acid groups (broad SMARTS) is 2. The Morgan fingerprint density at radius 3 is 1.68 bits per heavy atom. The molecule has 1 amide bonds. The van der Waals surface area contributed by atoms with E-state index in [-0.39, 0.29) is 32.1 Å². The van der Waals surface area contributed by atoms with E-state index in [1.165, 1.54) is 61.2 Å². The van der Waals surface area contributed by atoms with Crippen LogP contribution >= 0.6 is 0 Å². The van der Waals surface area contributed by atoms with Gasteiger partial charge in [0.2, 0.25) is 5.91 Å². The number of carbonyl (C=O) groups excluding carboxylic acids is 1. The van der Waals surface area contributed by atoms with Crippen LogP contribution in [-0.4, -0.2) is 82.3 Å². The maximum absolute atomic E-state index is 12.5. The number of aliphatic hydroxyl groups excluding tert-OH is 1. The SMILES string of the molecule is CCCCCCCC/C=C\CCCCCCCC(=O)N(CCO)CCN(CC(=O)O)CC(=O)O. The van der Waals surface area contributed by atoms with Gasteiger partial charge < -0.3 is 20.2 Å². The predicted octanol–water partition coefficient (Wildman–Crippen LogP) is 4.32. The molecule has 0 atom stereocenters. The minimum Gasteiger partial charge on any atom is -0.480 e. The van der Waals surface area contributed by atoms with Crippen molar-refractivity contribution in [2.45, 2.75) is 96.8 Å². The summed E-state index contributed by atoms with van der Waals surface area (Å²) < 4.78 is 0. The molecule has 0 saturated heterocycles. The van der Waals surface area contributed by atoms with E-state index < -0.39 is 25.0 Å². The van der Waals surface area contributed by atoms with Gasteiger partial charge in [-0.1, -0.05) is 70.4 Å². The molecule has 198 valence electrons. The molecular weight excluding hydrogens is 436 g/mol. The molecule has 0 aromatic rings. The molecule has 34 heavy (non-hydrogen) atoms. The zero-order chi connectivity index (χ0) is 25.4. The predicted molar refractivity (Wildman–Crippen MR) is 135 cm³/mol. The first-order chi connectivity index (χ1) is 16.4. The van der Waals surface area contributed by atoms with Crippen molar-refractivity contribution in [3.63, 3.8) is 0 Å². The lowest BCUT2D eigenvalue weighted by molar-refractivity contribution is -0.141. The highest BCUT2D eigenvalue weighted by molar-refractivity contribution is 5.76. The van der Waals surface area contributed by atoms with Crippen LogP contribution in [-0.2, 0) is 14.4 Å². The molecule has 0 aromatic carbocycles. The standard InChI is InChI=1S/C26H48N2O6/c1-2-3-4-5-6-7-8-9-10-11-12-13-14-15-16-17-24(30)28(20-21-29)19-18-27(22-25(31)32)23-26(33)34/h9-10,29H,2-8,11-23H2,1H3,(H,31,32)(H,33,34)/b10-9-. The minimum atomic E-state index is -1.12. The van der Waals surface area contributed by atoms with Crippen molar-refractivity contribution in [2.75, 3.05) is 39.3 Å². The maximum atomic E-state index is 12.5. The lowest BCUT2D eigenvalue weighted by Crippen LogP contribution is -2.43. The van der Waals surface area contributed by atoms with Crippen molar-refractivity contribution in [1.82, 2.24) is 9.80 Å². The Hall–Kier alpha value is -1.93. The van der Waals surface area contributed by atoms with Crippen LogP contribution in [0.5, 0.6) is 0 Å². The summed E-state index contributed by atoms with van der Waals surface area (Å²) in [6.45, 7) is 1.75. The third kappa shape index (κ3) is 20.7. The Kier molecular flexibility index (Phi) is 21.5. The lowest BCUT2D eigenvalue weighted by Gasteiger charge is -2.25. The molecule has 0 fully saturated rings. The Balaban J connectivity index is 3.93. The molecule has 0 bridgehead atoms. The molecule has 0 aliphatic carbocycles. The Morgan fingerprint density at radius 2 is 1.18 bits per heavy atom. The van der Waals surface area contributed by atoms with Gasteiger partial charge in [0.05, 0.1) is 19.7 Å². The summed E-state index contributed by atoms with van der Waals surface area (Å²) in [5, 5.41) is 27.1. The van der Waals surface area contributed by atoms with E-state index in [1.54, 1.807) is 0 Å². The third-order valence-corrected chi connectivity index (χ3v) is 5.78. The van der Waals surface area contributed by atoms with Gasteiger partial charge in [-0.25, -0.2) is 0 Å². The molecule has 0 aliphatic heterocycles. The van der Waals surface area contributed by atoms with Crippen LogP contribution in [0.15, 0.2) is 12.2 Å². The second kappa shape index (κ2) is 22.8. The number of hydrogen-bond acceptors (Lipinski definition) is 5. The number of nitrogens with zero attached hydrogens (tertiary/aromatic N) is 2. The number of unbranched alkanes of at least 4 members (excludes halogenated alkanes) is 11. The summed E-state index contributed by atoms with van der Waals surface area (Å²) in [6, 6.07) is 0. The van der Waals surface area contributed by atoms with E-state index in [4.69, 9.17) is 10.2 Å². The first-order valence-electron chi connectivity index (χ1n) is 13.1. The molecule has 0 aliphatic rings. The summed E-state index contributed by atoms with van der Waals surface area (Å²) >= 11 is 0. The summed E-state index contributed by atoms with van der Waals surface area (Å²) in [7, 11) is 0. The lowest BCUT2D eigenvalue weighted by atomic mass is 10.1. The van der Waals surface area contributed by atoms with Crippen molar-refractivity contribution < 1.29 is 29.7 Å². The topological polar surface area (TPSA) is 118 Å². The number of rotatable bonds is 24. The highest BCUT2D eigenvalue weighted by Gasteiger charge is 2.17. The number of allylic oxidation sites excluding steroid dienone is 2. The third-order valence-electron chi connectivity index (χ3n) is 5.78. The Labute approximate surface area is 206 Å². The number of carbonyl (C=O) groups is 3. The minimum absolute atomic E-state index is 0.0859. The normalized spacial score (nSPS) is 11.4. The first kappa shape index (κ1) is 32.1. The van der Waals surface area contributed by atoms with Crippen LogP contribution in [0.1, 0.15) is 96.8 Å². The van der Waals surface area contributed by atoms with Crippen molar-refractivity contribution in [2.24, 2.45) is 0 Å². The number of carboxylic acids is 2. The average Bonchev–Trinajstić information content (AvgIpc) is 2.78. The van der Waals surface area contributed by atoms with Gasteiger partial charge in [0.1, 0.15) is 0 Å². The van der Waals surface area contributed by atoms with E-state index in [2.05, 4.69) is 19.1 Å². The monoisotopic (exact) mass is 484 g/mol. The number of amides is 1. The van der Waals surface area contributed by atoms with Crippen LogP contribution in [0, 0.1) is 0 Å². The summed E-state index contributed by atoms with van der Waals surface area (Å²) in [5.74, 6) is -2.32. The van der Waals surface area contributed by atoms with E-state index in [0.29, 0.717) is 6.42 Å². The first-order valence-corrected chi connectivity index (χ1v) is 13.1. The molecular formula is C26H48N2O6. The van der Waals surface area contributed by atoms with Crippen molar-refractivity contribution >= 4 is 17.8 Å². The van der Waals surface area contributed by atoms with E-state index in [0.717, 1.165) is 32.1 Å². The van der Waals surface area contributed by atoms with Crippen molar-refractivity contribution in [1.29, 1.82) is 0 Å². The van der Waals surface area contributed by atoms with Crippen molar-refractivity contribution in [3.8, 4) is 0 Å². The van der Waals surface area contributed by atoms with Crippen molar-refractivity contribution in [3.05, 3.63) is 12.2 Å². The summed E-state index contributed by atoms with van der Waals surface area (Å²) in [6.07, 6.45) is 20.4. The molecule has 0 rings (SSSR count). The van der Waals surface area contributed by atoms with Crippen LogP contribution in [0.3, 0.4) is 0 Å². The maximum Gasteiger partial charge on any atom is 0.317 e. The molecule has 8 heteroatoms. The van der Waals surface area contributed by atoms with Gasteiger partial charge in [0.25, 0.3) is 0 Å². The zero-order valence-electron chi connectivity index (χ0n) is 21.3. The van der Waals surface area contributed by atoms with Gasteiger partial charge in [-0.05, 0) is 32.1 Å². The van der Waals surface area contributed by atoms with Gasteiger partial charge in [-0.15, -0.1) is 0 Å². The average molecular weight is 485 g/mol. The molecule has 8 nitrogen and oxygen atoms in total. The molecule has 0 heterocycles.